The number of para-hydroxylation sites is 1. The highest BCUT2D eigenvalue weighted by Crippen LogP contribution is 2.45. The van der Waals surface area contributed by atoms with E-state index < -0.39 is 5.60 Å². The number of fused-ring (bicyclic) bond motifs is 2. The Kier molecular flexibility index (Phi) is 4.03. The summed E-state index contributed by atoms with van der Waals surface area (Å²) in [5.74, 6) is 0. The Morgan fingerprint density at radius 2 is 2.00 bits per heavy atom. The number of piperidine rings is 1. The molecule has 2 aliphatic heterocycles. The van der Waals surface area contributed by atoms with Crippen LogP contribution >= 0.6 is 0 Å². The third kappa shape index (κ3) is 3.04. The zero-order chi connectivity index (χ0) is 16.7. The van der Waals surface area contributed by atoms with Gasteiger partial charge in [-0.05, 0) is 51.2 Å². The molecule has 1 aromatic rings. The van der Waals surface area contributed by atoms with Crippen molar-refractivity contribution in [1.29, 1.82) is 0 Å². The maximum atomic E-state index is 12.3. The largest absolute Gasteiger partial charge is 0.444 e. The molecular weight excluding hydrogens is 288 g/mol. The van der Waals surface area contributed by atoms with E-state index in [1.807, 2.05) is 25.7 Å². The van der Waals surface area contributed by atoms with Crippen LogP contribution in [0.15, 0.2) is 18.2 Å². The van der Waals surface area contributed by atoms with Gasteiger partial charge in [-0.15, -0.1) is 0 Å². The second kappa shape index (κ2) is 5.73. The number of aryl methyl sites for hydroxylation is 1. The molecule has 2 aliphatic rings. The SMILES string of the molecule is CCc1cccc2c1NCC21CCN(C(=O)OC(C)(C)C)CC1. The number of carbonyl (C=O) groups excluding carboxylic acids is 1. The Hall–Kier alpha value is -1.71. The van der Waals surface area contributed by atoms with E-state index in [1.165, 1.54) is 16.8 Å². The predicted molar refractivity (Wildman–Crippen MR) is 93.0 cm³/mol. The van der Waals surface area contributed by atoms with Crippen molar-refractivity contribution in [2.45, 2.75) is 58.0 Å². The number of nitrogens with zero attached hydrogens (tertiary/aromatic N) is 1. The summed E-state index contributed by atoms with van der Waals surface area (Å²) in [7, 11) is 0. The number of rotatable bonds is 1. The molecule has 0 saturated carbocycles. The molecule has 23 heavy (non-hydrogen) atoms. The second-order valence-electron chi connectivity index (χ2n) is 7.79. The maximum absolute atomic E-state index is 12.3. The van der Waals surface area contributed by atoms with Gasteiger partial charge < -0.3 is 15.0 Å². The fourth-order valence-corrected chi connectivity index (χ4v) is 3.79. The zero-order valence-electron chi connectivity index (χ0n) is 14.7. The van der Waals surface area contributed by atoms with Gasteiger partial charge in [0.25, 0.3) is 0 Å². The summed E-state index contributed by atoms with van der Waals surface area (Å²) in [6.45, 7) is 10.5. The number of carbonyl (C=O) groups is 1. The molecule has 4 nitrogen and oxygen atoms in total. The molecule has 0 aliphatic carbocycles. The summed E-state index contributed by atoms with van der Waals surface area (Å²) in [5, 5.41) is 3.63. The van der Waals surface area contributed by atoms with Crippen LogP contribution in [0.2, 0.25) is 0 Å². The molecule has 0 bridgehead atoms. The van der Waals surface area contributed by atoms with Crippen LogP contribution in [0.25, 0.3) is 0 Å². The Morgan fingerprint density at radius 3 is 2.61 bits per heavy atom. The van der Waals surface area contributed by atoms with E-state index in [1.54, 1.807) is 0 Å². The van der Waals surface area contributed by atoms with Crippen molar-refractivity contribution >= 4 is 11.8 Å². The van der Waals surface area contributed by atoms with E-state index in [-0.39, 0.29) is 11.5 Å². The van der Waals surface area contributed by atoms with Gasteiger partial charge in [0.15, 0.2) is 0 Å². The number of anilines is 1. The number of nitrogens with one attached hydrogen (secondary N) is 1. The normalized spacial score (nSPS) is 19.4. The lowest BCUT2D eigenvalue weighted by Gasteiger charge is -2.39. The van der Waals surface area contributed by atoms with E-state index in [9.17, 15) is 4.79 Å². The Morgan fingerprint density at radius 1 is 1.30 bits per heavy atom. The lowest BCUT2D eigenvalue weighted by atomic mass is 9.74. The number of ether oxygens (including phenoxy) is 1. The standard InChI is InChI=1S/C19H28N2O2/c1-5-14-7-6-8-15-16(14)20-13-19(15)9-11-21(12-10-19)17(22)23-18(2,3)4/h6-8,20H,5,9-13H2,1-4H3. The number of likely N-dealkylation sites (tertiary alicyclic amines) is 1. The van der Waals surface area contributed by atoms with Gasteiger partial charge in [-0.3, -0.25) is 0 Å². The van der Waals surface area contributed by atoms with E-state index in [2.05, 4.69) is 30.4 Å². The summed E-state index contributed by atoms with van der Waals surface area (Å²) < 4.78 is 5.51. The van der Waals surface area contributed by atoms with Crippen LogP contribution in [0.1, 0.15) is 51.7 Å². The van der Waals surface area contributed by atoms with Crippen molar-refractivity contribution in [3.63, 3.8) is 0 Å². The van der Waals surface area contributed by atoms with Crippen LogP contribution in [0, 0.1) is 0 Å². The highest BCUT2D eigenvalue weighted by molar-refractivity contribution is 5.69. The van der Waals surface area contributed by atoms with Gasteiger partial charge in [0.05, 0.1) is 0 Å². The first-order chi connectivity index (χ1) is 10.8. The lowest BCUT2D eigenvalue weighted by molar-refractivity contribution is 0.0172. The van der Waals surface area contributed by atoms with Crippen LogP contribution in [0.4, 0.5) is 10.5 Å². The van der Waals surface area contributed by atoms with Gasteiger partial charge >= 0.3 is 6.09 Å². The van der Waals surface area contributed by atoms with E-state index in [0.29, 0.717) is 0 Å². The monoisotopic (exact) mass is 316 g/mol. The number of amides is 1. The van der Waals surface area contributed by atoms with Crippen LogP contribution in [0.3, 0.4) is 0 Å². The third-order valence-electron chi connectivity index (χ3n) is 5.08. The molecule has 1 saturated heterocycles. The molecule has 4 heteroatoms. The number of hydrogen-bond acceptors (Lipinski definition) is 3. The molecule has 3 rings (SSSR count). The van der Waals surface area contributed by atoms with Gasteiger partial charge in [-0.25, -0.2) is 4.79 Å². The van der Waals surface area contributed by atoms with Crippen molar-refractivity contribution in [3.8, 4) is 0 Å². The maximum Gasteiger partial charge on any atom is 0.410 e. The average molecular weight is 316 g/mol. The fourth-order valence-electron chi connectivity index (χ4n) is 3.79. The minimum atomic E-state index is -0.427. The van der Waals surface area contributed by atoms with Crippen molar-refractivity contribution in [1.82, 2.24) is 4.90 Å². The average Bonchev–Trinajstić information content (AvgIpc) is 2.85. The summed E-state index contributed by atoms with van der Waals surface area (Å²) in [4.78, 5) is 14.1. The van der Waals surface area contributed by atoms with Gasteiger partial charge in [0, 0.05) is 30.7 Å². The zero-order valence-corrected chi connectivity index (χ0v) is 14.7. The highest BCUT2D eigenvalue weighted by Gasteiger charge is 2.43. The van der Waals surface area contributed by atoms with E-state index >= 15 is 0 Å². The predicted octanol–water partition coefficient (Wildman–Crippen LogP) is 3.94. The third-order valence-corrected chi connectivity index (χ3v) is 5.08. The van der Waals surface area contributed by atoms with Crippen molar-refractivity contribution in [2.75, 3.05) is 25.0 Å². The van der Waals surface area contributed by atoms with Gasteiger partial charge in [0.2, 0.25) is 0 Å². The minimum Gasteiger partial charge on any atom is -0.444 e. The van der Waals surface area contributed by atoms with Gasteiger partial charge in [0.1, 0.15) is 5.60 Å². The Balaban J connectivity index is 1.72. The van der Waals surface area contributed by atoms with Crippen molar-refractivity contribution in [2.24, 2.45) is 0 Å². The molecule has 2 heterocycles. The molecule has 0 atom stereocenters. The van der Waals surface area contributed by atoms with Gasteiger partial charge in [-0.1, -0.05) is 25.1 Å². The molecular formula is C19H28N2O2. The van der Waals surface area contributed by atoms with Crippen LogP contribution in [-0.2, 0) is 16.6 Å². The molecule has 0 radical (unpaired) electrons. The molecule has 1 spiro atoms. The van der Waals surface area contributed by atoms with Crippen molar-refractivity contribution < 1.29 is 9.53 Å². The van der Waals surface area contributed by atoms with Gasteiger partial charge in [-0.2, -0.15) is 0 Å². The summed E-state index contributed by atoms with van der Waals surface area (Å²) in [6.07, 6.45) is 2.87. The minimum absolute atomic E-state index is 0.180. The molecule has 0 unspecified atom stereocenters. The number of benzene rings is 1. The first-order valence-electron chi connectivity index (χ1n) is 8.69. The molecule has 126 valence electrons. The first-order valence-corrected chi connectivity index (χ1v) is 8.69. The quantitative estimate of drug-likeness (QED) is 0.853. The molecule has 1 aromatic carbocycles. The second-order valence-corrected chi connectivity index (χ2v) is 7.79. The molecule has 0 aromatic heterocycles. The van der Waals surface area contributed by atoms with E-state index in [0.717, 1.165) is 38.9 Å². The van der Waals surface area contributed by atoms with Crippen LogP contribution in [0.5, 0.6) is 0 Å². The molecule has 1 fully saturated rings. The van der Waals surface area contributed by atoms with Crippen LogP contribution in [-0.4, -0.2) is 36.2 Å². The van der Waals surface area contributed by atoms with E-state index in [4.69, 9.17) is 4.74 Å². The summed E-state index contributed by atoms with van der Waals surface area (Å²) in [5.41, 5.74) is 3.93. The highest BCUT2D eigenvalue weighted by atomic mass is 16.6. The smallest absolute Gasteiger partial charge is 0.410 e. The summed E-state index contributed by atoms with van der Waals surface area (Å²) in [6, 6.07) is 6.64. The summed E-state index contributed by atoms with van der Waals surface area (Å²) >= 11 is 0. The Bertz CT molecular complexity index is 596. The first kappa shape index (κ1) is 16.2. The molecule has 1 amide bonds. The van der Waals surface area contributed by atoms with Crippen molar-refractivity contribution in [3.05, 3.63) is 29.3 Å². The molecule has 1 N–H and O–H groups in total. The van der Waals surface area contributed by atoms with Crippen LogP contribution < -0.4 is 5.32 Å². The topological polar surface area (TPSA) is 41.6 Å². The fraction of sp³-hybridized carbons (Fsp3) is 0.632. The Labute approximate surface area is 139 Å². The number of hydrogen-bond donors (Lipinski definition) is 1. The lowest BCUT2D eigenvalue weighted by Crippen LogP contribution is -2.47.